The van der Waals surface area contributed by atoms with Crippen LogP contribution < -0.4 is 15.7 Å². The Balaban J connectivity index is 1.45. The molecule has 3 aromatic carbocycles. The van der Waals surface area contributed by atoms with Crippen molar-refractivity contribution in [2.45, 2.75) is 11.5 Å². The number of hydrogen-bond acceptors (Lipinski definition) is 6. The highest BCUT2D eigenvalue weighted by Crippen LogP contribution is 2.22. The molecule has 0 atom stereocenters. The van der Waals surface area contributed by atoms with Crippen molar-refractivity contribution in [2.75, 3.05) is 4.72 Å². The predicted octanol–water partition coefficient (Wildman–Crippen LogP) is 2.75. The first-order valence-corrected chi connectivity index (χ1v) is 10.0. The van der Waals surface area contributed by atoms with Crippen LogP contribution in [0.2, 0.25) is 0 Å². The molecule has 3 aromatic rings. The smallest absolute Gasteiger partial charge is 0.423 e. The van der Waals surface area contributed by atoms with Gasteiger partial charge >= 0.3 is 7.12 Å². The summed E-state index contributed by atoms with van der Waals surface area (Å²) in [6, 6.07) is 24.3. The molecule has 30 heavy (non-hydrogen) atoms. The summed E-state index contributed by atoms with van der Waals surface area (Å²) in [5.41, 5.74) is 5.45. The van der Waals surface area contributed by atoms with Crippen LogP contribution in [0.4, 0.5) is 5.69 Å². The van der Waals surface area contributed by atoms with Gasteiger partial charge in [0.1, 0.15) is 0 Å². The summed E-state index contributed by atoms with van der Waals surface area (Å²) in [5.74, 6) is -0.377. The zero-order valence-corrected chi connectivity index (χ0v) is 16.9. The second kappa shape index (κ2) is 11.2. The predicted molar refractivity (Wildman–Crippen MR) is 121 cm³/mol. The van der Waals surface area contributed by atoms with Crippen LogP contribution in [0.3, 0.4) is 0 Å². The van der Waals surface area contributed by atoms with Crippen molar-refractivity contribution in [3.05, 3.63) is 96.1 Å². The van der Waals surface area contributed by atoms with E-state index in [0.29, 0.717) is 5.46 Å². The molecule has 0 heterocycles. The molecule has 8 heteroatoms. The minimum atomic E-state index is -1.50. The van der Waals surface area contributed by atoms with Crippen molar-refractivity contribution in [2.24, 2.45) is 0 Å². The SMILES string of the molecule is O=C(/C=C/c1cccc(SNc2ccccc2)c1)NOCc1ccc(B(O)O)cc1. The first-order valence-electron chi connectivity index (χ1n) is 9.23. The Hall–Kier alpha value is -3.04. The van der Waals surface area contributed by atoms with Gasteiger partial charge in [-0.25, -0.2) is 5.48 Å². The fourth-order valence-electron chi connectivity index (χ4n) is 2.49. The standard InChI is InChI=1S/C22H21BN2O4S/c26-22(24-29-16-18-9-12-19(13-10-18)23(27)28)14-11-17-5-4-8-21(15-17)30-25-20-6-2-1-3-7-20/h1-15,25,27-28H,16H2,(H,24,26)/b14-11+. The number of nitrogens with one attached hydrogen (secondary N) is 2. The van der Waals surface area contributed by atoms with E-state index < -0.39 is 7.12 Å². The summed E-state index contributed by atoms with van der Waals surface area (Å²) in [4.78, 5) is 18.2. The van der Waals surface area contributed by atoms with Gasteiger partial charge in [-0.3, -0.25) is 9.63 Å². The Kier molecular flexibility index (Phi) is 8.11. The quantitative estimate of drug-likeness (QED) is 0.184. The molecular formula is C22H21BN2O4S. The topological polar surface area (TPSA) is 90.8 Å². The highest BCUT2D eigenvalue weighted by Gasteiger charge is 2.09. The molecule has 0 aromatic heterocycles. The molecule has 0 saturated carbocycles. The average Bonchev–Trinajstić information content (AvgIpc) is 2.78. The van der Waals surface area contributed by atoms with Crippen LogP contribution in [0.15, 0.2) is 89.8 Å². The van der Waals surface area contributed by atoms with Gasteiger partial charge in [-0.1, -0.05) is 54.6 Å². The summed E-state index contributed by atoms with van der Waals surface area (Å²) in [7, 11) is -1.50. The van der Waals surface area contributed by atoms with Crippen LogP contribution in [-0.4, -0.2) is 23.1 Å². The van der Waals surface area contributed by atoms with E-state index >= 15 is 0 Å². The van der Waals surface area contributed by atoms with Crippen LogP contribution in [0, 0.1) is 0 Å². The molecule has 0 fully saturated rings. The van der Waals surface area contributed by atoms with E-state index in [4.69, 9.17) is 14.9 Å². The van der Waals surface area contributed by atoms with Gasteiger partial charge in [0.15, 0.2) is 0 Å². The van der Waals surface area contributed by atoms with Gasteiger partial charge in [0, 0.05) is 16.7 Å². The van der Waals surface area contributed by atoms with E-state index in [1.807, 2.05) is 54.6 Å². The van der Waals surface area contributed by atoms with Gasteiger partial charge in [0.05, 0.1) is 6.61 Å². The molecule has 3 rings (SSSR count). The van der Waals surface area contributed by atoms with Gasteiger partial charge in [-0.15, -0.1) is 0 Å². The molecule has 0 saturated heterocycles. The van der Waals surface area contributed by atoms with Crippen molar-refractivity contribution >= 4 is 42.2 Å². The fraction of sp³-hybridized carbons (Fsp3) is 0.0455. The number of benzene rings is 3. The fourth-order valence-corrected chi connectivity index (χ4v) is 3.20. The molecule has 6 nitrogen and oxygen atoms in total. The number of carbonyl (C=O) groups is 1. The minimum absolute atomic E-state index is 0.165. The van der Waals surface area contributed by atoms with E-state index in [-0.39, 0.29) is 12.5 Å². The van der Waals surface area contributed by atoms with Crippen LogP contribution in [0.5, 0.6) is 0 Å². The van der Waals surface area contributed by atoms with Gasteiger partial charge in [-0.2, -0.15) is 0 Å². The van der Waals surface area contributed by atoms with Crippen molar-refractivity contribution in [3.8, 4) is 0 Å². The second-order valence-electron chi connectivity index (χ2n) is 6.35. The highest BCUT2D eigenvalue weighted by molar-refractivity contribution is 8.00. The molecular weight excluding hydrogens is 399 g/mol. The molecule has 0 aliphatic heterocycles. The first kappa shape index (κ1) is 21.7. The van der Waals surface area contributed by atoms with Crippen molar-refractivity contribution in [1.82, 2.24) is 5.48 Å². The number of para-hydroxylation sites is 1. The van der Waals surface area contributed by atoms with Gasteiger partial charge in [-0.05, 0) is 58.9 Å². The first-order chi connectivity index (χ1) is 14.6. The highest BCUT2D eigenvalue weighted by atomic mass is 32.2. The van der Waals surface area contributed by atoms with Gasteiger partial charge in [0.25, 0.3) is 5.91 Å². The van der Waals surface area contributed by atoms with Gasteiger partial charge in [0.2, 0.25) is 0 Å². The van der Waals surface area contributed by atoms with E-state index in [1.54, 1.807) is 30.3 Å². The number of carbonyl (C=O) groups excluding carboxylic acids is 1. The molecule has 152 valence electrons. The van der Waals surface area contributed by atoms with Crippen molar-refractivity contribution < 1.29 is 19.7 Å². The summed E-state index contributed by atoms with van der Waals surface area (Å²) < 4.78 is 3.27. The van der Waals surface area contributed by atoms with Crippen molar-refractivity contribution in [1.29, 1.82) is 0 Å². The molecule has 0 bridgehead atoms. The maximum Gasteiger partial charge on any atom is 0.488 e. The Morgan fingerprint density at radius 1 is 1.00 bits per heavy atom. The maximum absolute atomic E-state index is 11.9. The summed E-state index contributed by atoms with van der Waals surface area (Å²) in [5, 5.41) is 18.1. The Morgan fingerprint density at radius 3 is 2.50 bits per heavy atom. The zero-order chi connectivity index (χ0) is 21.2. The van der Waals surface area contributed by atoms with Crippen LogP contribution >= 0.6 is 11.9 Å². The van der Waals surface area contributed by atoms with Gasteiger partial charge < -0.3 is 14.8 Å². The molecule has 0 spiro atoms. The Bertz CT molecular complexity index is 982. The number of amides is 1. The molecule has 0 aliphatic carbocycles. The van der Waals surface area contributed by atoms with Crippen LogP contribution in [0.25, 0.3) is 6.08 Å². The van der Waals surface area contributed by atoms with E-state index in [0.717, 1.165) is 21.7 Å². The normalized spacial score (nSPS) is 10.7. The van der Waals surface area contributed by atoms with E-state index in [9.17, 15) is 4.79 Å². The minimum Gasteiger partial charge on any atom is -0.423 e. The second-order valence-corrected chi connectivity index (χ2v) is 7.23. The summed E-state index contributed by atoms with van der Waals surface area (Å²) >= 11 is 1.50. The lowest BCUT2D eigenvalue weighted by Crippen LogP contribution is -2.29. The third-order valence-corrected chi connectivity index (χ3v) is 4.86. The average molecular weight is 420 g/mol. The number of rotatable bonds is 9. The number of anilines is 1. The number of hydroxylamine groups is 1. The zero-order valence-electron chi connectivity index (χ0n) is 16.1. The monoisotopic (exact) mass is 420 g/mol. The summed E-state index contributed by atoms with van der Waals surface area (Å²) in [6.07, 6.45) is 3.11. The van der Waals surface area contributed by atoms with Crippen LogP contribution in [0.1, 0.15) is 11.1 Å². The lowest BCUT2D eigenvalue weighted by molar-refractivity contribution is -0.129. The Morgan fingerprint density at radius 2 is 1.77 bits per heavy atom. The molecule has 1 amide bonds. The van der Waals surface area contributed by atoms with Crippen LogP contribution in [-0.2, 0) is 16.2 Å². The lowest BCUT2D eigenvalue weighted by Gasteiger charge is -2.06. The van der Waals surface area contributed by atoms with E-state index in [1.165, 1.54) is 18.0 Å². The van der Waals surface area contributed by atoms with E-state index in [2.05, 4.69) is 10.2 Å². The molecule has 0 aliphatic rings. The third kappa shape index (κ3) is 7.09. The maximum atomic E-state index is 11.9. The lowest BCUT2D eigenvalue weighted by atomic mass is 9.80. The summed E-state index contributed by atoms with van der Waals surface area (Å²) in [6.45, 7) is 0.165. The third-order valence-electron chi connectivity index (χ3n) is 4.04. The molecule has 0 unspecified atom stereocenters. The largest absolute Gasteiger partial charge is 0.488 e. The molecule has 4 N–H and O–H groups in total. The van der Waals surface area contributed by atoms with Crippen molar-refractivity contribution in [3.63, 3.8) is 0 Å². The number of hydrogen-bond donors (Lipinski definition) is 4. The molecule has 0 radical (unpaired) electrons. The Labute approximate surface area is 179 Å².